The number of hydrogen-bond donors (Lipinski definition) is 2. The van der Waals surface area contributed by atoms with Crippen molar-refractivity contribution in [2.24, 2.45) is 0 Å². The van der Waals surface area contributed by atoms with E-state index in [1.165, 1.54) is 0 Å². The highest BCUT2D eigenvalue weighted by atomic mass is 79.9. The Kier molecular flexibility index (Phi) is 4.49. The summed E-state index contributed by atoms with van der Waals surface area (Å²) in [5, 5.41) is 2.69. The number of benzene rings is 1. The molecule has 1 N–H and O–H groups in total. The lowest BCUT2D eigenvalue weighted by Gasteiger charge is -2.20. The van der Waals surface area contributed by atoms with E-state index in [0.717, 1.165) is 14.9 Å². The van der Waals surface area contributed by atoms with Gasteiger partial charge in [0.1, 0.15) is 5.60 Å². The minimum absolute atomic E-state index is 0.487. The molecular weight excluding hydrogens is 302 g/mol. The third kappa shape index (κ3) is 4.24. The molecule has 0 fully saturated rings. The second-order valence-electron chi connectivity index (χ2n) is 4.71. The summed E-state index contributed by atoms with van der Waals surface area (Å²) in [6.07, 6.45) is -0.487. The van der Waals surface area contributed by atoms with Crippen LogP contribution in [-0.2, 0) is 4.74 Å². The molecule has 1 amide bonds. The summed E-state index contributed by atoms with van der Waals surface area (Å²) in [5.74, 6) is 0. The van der Waals surface area contributed by atoms with Crippen molar-refractivity contribution in [3.63, 3.8) is 0 Å². The molecule has 0 saturated heterocycles. The van der Waals surface area contributed by atoms with Crippen molar-refractivity contribution < 1.29 is 9.53 Å². The number of hydrogen-bond acceptors (Lipinski definition) is 3. The quantitative estimate of drug-likeness (QED) is 0.754. The van der Waals surface area contributed by atoms with Crippen LogP contribution in [0.15, 0.2) is 21.5 Å². The molecule has 0 aliphatic heterocycles. The van der Waals surface area contributed by atoms with Crippen LogP contribution in [0.5, 0.6) is 0 Å². The molecule has 94 valence electrons. The van der Waals surface area contributed by atoms with Crippen molar-refractivity contribution in [1.82, 2.24) is 0 Å². The maximum Gasteiger partial charge on any atom is 0.412 e. The minimum atomic E-state index is -0.517. The Morgan fingerprint density at radius 1 is 1.41 bits per heavy atom. The van der Waals surface area contributed by atoms with E-state index in [9.17, 15) is 4.79 Å². The molecule has 17 heavy (non-hydrogen) atoms. The number of rotatable bonds is 1. The first-order valence-electron chi connectivity index (χ1n) is 5.19. The predicted octanol–water partition coefficient (Wildman–Crippen LogP) is 4.39. The van der Waals surface area contributed by atoms with Crippen molar-refractivity contribution in [1.29, 1.82) is 0 Å². The molecule has 0 unspecified atom stereocenters. The number of halogens is 1. The first-order chi connectivity index (χ1) is 7.70. The van der Waals surface area contributed by atoms with Crippen LogP contribution in [0, 0.1) is 6.92 Å². The second-order valence-corrected chi connectivity index (χ2v) is 6.02. The van der Waals surface area contributed by atoms with Gasteiger partial charge in [0, 0.05) is 9.37 Å². The van der Waals surface area contributed by atoms with E-state index >= 15 is 0 Å². The standard InChI is InChI=1S/C12H16BrNO2S/c1-7-5-6-8(13)9(10(7)17)14-11(15)16-12(2,3)4/h5-6,17H,1-4H3,(H,14,15). The predicted molar refractivity (Wildman–Crippen MR) is 76.0 cm³/mol. The maximum absolute atomic E-state index is 11.7. The van der Waals surface area contributed by atoms with Gasteiger partial charge in [0.25, 0.3) is 0 Å². The molecule has 1 rings (SSSR count). The smallest absolute Gasteiger partial charge is 0.412 e. The monoisotopic (exact) mass is 317 g/mol. The molecule has 0 bridgehead atoms. The number of ether oxygens (including phenoxy) is 1. The van der Waals surface area contributed by atoms with Gasteiger partial charge < -0.3 is 4.74 Å². The highest BCUT2D eigenvalue weighted by molar-refractivity contribution is 9.10. The highest BCUT2D eigenvalue weighted by Crippen LogP contribution is 2.32. The van der Waals surface area contributed by atoms with Crippen molar-refractivity contribution >= 4 is 40.3 Å². The molecule has 0 radical (unpaired) electrons. The fourth-order valence-electron chi connectivity index (χ4n) is 1.20. The molecule has 0 spiro atoms. The summed E-state index contributed by atoms with van der Waals surface area (Å²) < 4.78 is 5.96. The Morgan fingerprint density at radius 2 is 2.00 bits per heavy atom. The van der Waals surface area contributed by atoms with Gasteiger partial charge in [-0.1, -0.05) is 6.07 Å². The van der Waals surface area contributed by atoms with Crippen LogP contribution < -0.4 is 5.32 Å². The van der Waals surface area contributed by atoms with Gasteiger partial charge in [-0.25, -0.2) is 4.79 Å². The SMILES string of the molecule is Cc1ccc(Br)c(NC(=O)OC(C)(C)C)c1S. The molecule has 0 aliphatic rings. The van der Waals surface area contributed by atoms with Crippen LogP contribution >= 0.6 is 28.6 Å². The maximum atomic E-state index is 11.7. The first-order valence-corrected chi connectivity index (χ1v) is 6.43. The van der Waals surface area contributed by atoms with Crippen LogP contribution in [0.4, 0.5) is 10.5 Å². The molecule has 5 heteroatoms. The molecule has 3 nitrogen and oxygen atoms in total. The fraction of sp³-hybridized carbons (Fsp3) is 0.417. The average molecular weight is 318 g/mol. The normalized spacial score (nSPS) is 11.2. The highest BCUT2D eigenvalue weighted by Gasteiger charge is 2.18. The Hall–Kier alpha value is -0.680. The topological polar surface area (TPSA) is 38.3 Å². The minimum Gasteiger partial charge on any atom is -0.444 e. The summed E-state index contributed by atoms with van der Waals surface area (Å²) >= 11 is 7.74. The number of thiol groups is 1. The lowest BCUT2D eigenvalue weighted by atomic mass is 10.2. The van der Waals surface area contributed by atoms with Crippen LogP contribution in [0.2, 0.25) is 0 Å². The number of amides is 1. The summed E-state index contributed by atoms with van der Waals surface area (Å²) in [5.41, 5.74) is 1.10. The van der Waals surface area contributed by atoms with Crippen LogP contribution in [-0.4, -0.2) is 11.7 Å². The van der Waals surface area contributed by atoms with Crippen molar-refractivity contribution in [2.75, 3.05) is 5.32 Å². The fourth-order valence-corrected chi connectivity index (χ4v) is 2.03. The number of aryl methyl sites for hydroxylation is 1. The van der Waals surface area contributed by atoms with E-state index in [0.29, 0.717) is 5.69 Å². The van der Waals surface area contributed by atoms with Gasteiger partial charge in [-0.05, 0) is 55.3 Å². The molecule has 0 aromatic heterocycles. The largest absolute Gasteiger partial charge is 0.444 e. The van der Waals surface area contributed by atoms with E-state index in [1.54, 1.807) is 0 Å². The molecule has 1 aromatic carbocycles. The number of nitrogens with one attached hydrogen (secondary N) is 1. The third-order valence-corrected chi connectivity index (χ3v) is 3.19. The lowest BCUT2D eigenvalue weighted by Crippen LogP contribution is -2.27. The van der Waals surface area contributed by atoms with E-state index in [-0.39, 0.29) is 0 Å². The molecule has 0 heterocycles. The Balaban J connectivity index is 2.89. The van der Waals surface area contributed by atoms with Gasteiger partial charge in [0.15, 0.2) is 0 Å². The molecular formula is C12H16BrNO2S. The van der Waals surface area contributed by atoms with E-state index in [4.69, 9.17) is 4.74 Å². The molecule has 0 aliphatic carbocycles. The summed E-state index contributed by atoms with van der Waals surface area (Å²) in [4.78, 5) is 12.4. The number of carbonyl (C=O) groups excluding carboxylic acids is 1. The Morgan fingerprint density at radius 3 is 2.53 bits per heavy atom. The van der Waals surface area contributed by atoms with Crippen LogP contribution in [0.25, 0.3) is 0 Å². The molecule has 0 atom stereocenters. The van der Waals surface area contributed by atoms with Gasteiger partial charge in [0.2, 0.25) is 0 Å². The van der Waals surface area contributed by atoms with Gasteiger partial charge in [-0.3, -0.25) is 5.32 Å². The first kappa shape index (κ1) is 14.4. The van der Waals surface area contributed by atoms with E-state index < -0.39 is 11.7 Å². The molecule has 1 aromatic rings. The van der Waals surface area contributed by atoms with Gasteiger partial charge in [0.05, 0.1) is 5.69 Å². The summed E-state index contributed by atoms with van der Waals surface area (Å²) in [6.45, 7) is 7.38. The molecule has 0 saturated carbocycles. The summed E-state index contributed by atoms with van der Waals surface area (Å²) in [7, 11) is 0. The van der Waals surface area contributed by atoms with Crippen molar-refractivity contribution in [3.05, 3.63) is 22.2 Å². The average Bonchev–Trinajstić information content (AvgIpc) is 2.16. The number of carbonyl (C=O) groups is 1. The Bertz CT molecular complexity index is 441. The lowest BCUT2D eigenvalue weighted by molar-refractivity contribution is 0.0635. The Labute approximate surface area is 115 Å². The van der Waals surface area contributed by atoms with Crippen LogP contribution in [0.3, 0.4) is 0 Å². The van der Waals surface area contributed by atoms with Crippen molar-refractivity contribution in [3.8, 4) is 0 Å². The van der Waals surface area contributed by atoms with E-state index in [2.05, 4.69) is 33.9 Å². The van der Waals surface area contributed by atoms with Crippen LogP contribution in [0.1, 0.15) is 26.3 Å². The zero-order valence-electron chi connectivity index (χ0n) is 10.3. The van der Waals surface area contributed by atoms with Gasteiger partial charge in [-0.15, -0.1) is 12.6 Å². The summed E-state index contributed by atoms with van der Waals surface area (Å²) in [6, 6.07) is 3.79. The second kappa shape index (κ2) is 5.31. The zero-order valence-corrected chi connectivity index (χ0v) is 12.8. The van der Waals surface area contributed by atoms with Crippen molar-refractivity contribution in [2.45, 2.75) is 38.2 Å². The number of anilines is 1. The van der Waals surface area contributed by atoms with Gasteiger partial charge in [-0.2, -0.15) is 0 Å². The van der Waals surface area contributed by atoms with Gasteiger partial charge >= 0.3 is 6.09 Å². The van der Waals surface area contributed by atoms with E-state index in [1.807, 2.05) is 39.8 Å². The third-order valence-electron chi connectivity index (χ3n) is 1.95. The zero-order chi connectivity index (χ0) is 13.2.